The number of benzene rings is 2. The Hall–Kier alpha value is -2.82. The lowest BCUT2D eigenvalue weighted by atomic mass is 9.99. The number of ether oxygens (including phenoxy) is 1. The van der Waals surface area contributed by atoms with E-state index in [9.17, 15) is 14.7 Å². The maximum Gasteiger partial charge on any atom is 0.329 e. The lowest BCUT2D eigenvalue weighted by molar-refractivity contribution is -0.156. The van der Waals surface area contributed by atoms with Crippen LogP contribution < -0.4 is 4.74 Å². The third-order valence-electron chi connectivity index (χ3n) is 4.73. The number of carbonyl (C=O) groups is 2. The number of carboxylic acids is 1. The van der Waals surface area contributed by atoms with Crippen molar-refractivity contribution in [3.05, 3.63) is 54.6 Å². The molecule has 5 nitrogen and oxygen atoms in total. The summed E-state index contributed by atoms with van der Waals surface area (Å²) in [6, 6.07) is 17.3. The molecule has 0 radical (unpaired) electrons. The molecule has 0 bridgehead atoms. The van der Waals surface area contributed by atoms with E-state index < -0.39 is 11.5 Å². The first-order valence-corrected chi connectivity index (χ1v) is 8.33. The predicted molar refractivity (Wildman–Crippen MR) is 94.4 cm³/mol. The lowest BCUT2D eigenvalue weighted by Crippen LogP contribution is -2.52. The summed E-state index contributed by atoms with van der Waals surface area (Å²) >= 11 is 0. The van der Waals surface area contributed by atoms with Crippen molar-refractivity contribution in [2.75, 3.05) is 13.2 Å². The molecule has 1 N–H and O–H groups in total. The third-order valence-corrected chi connectivity index (χ3v) is 4.73. The van der Waals surface area contributed by atoms with E-state index in [2.05, 4.69) is 0 Å². The standard InChI is InChI=1S/C20H21NO4/c1-20(19(23)24)12-7-13-21(20)18(22)14-25-17-11-6-5-10-16(17)15-8-3-2-4-9-15/h2-6,8-11H,7,12-14H2,1H3,(H,23,24). The molecular formula is C20H21NO4. The second-order valence-corrected chi connectivity index (χ2v) is 6.38. The average molecular weight is 339 g/mol. The van der Waals surface area contributed by atoms with E-state index in [1.165, 1.54) is 4.90 Å². The molecule has 2 aromatic carbocycles. The number of hydrogen-bond donors (Lipinski definition) is 1. The molecule has 1 aliphatic heterocycles. The Morgan fingerprint density at radius 1 is 1.12 bits per heavy atom. The van der Waals surface area contributed by atoms with E-state index in [-0.39, 0.29) is 12.5 Å². The van der Waals surface area contributed by atoms with Crippen molar-refractivity contribution in [1.29, 1.82) is 0 Å². The molecular weight excluding hydrogens is 318 g/mol. The molecule has 1 heterocycles. The Bertz CT molecular complexity index is 774. The summed E-state index contributed by atoms with van der Waals surface area (Å²) in [7, 11) is 0. The van der Waals surface area contributed by atoms with Crippen LogP contribution in [0.5, 0.6) is 5.75 Å². The molecule has 1 atom stereocenters. The molecule has 25 heavy (non-hydrogen) atoms. The summed E-state index contributed by atoms with van der Waals surface area (Å²) in [6.07, 6.45) is 1.16. The minimum atomic E-state index is -1.14. The number of likely N-dealkylation sites (tertiary alicyclic amines) is 1. The van der Waals surface area contributed by atoms with Gasteiger partial charge in [-0.15, -0.1) is 0 Å². The molecule has 0 aliphatic carbocycles. The van der Waals surface area contributed by atoms with Gasteiger partial charge in [-0.1, -0.05) is 48.5 Å². The molecule has 0 aromatic heterocycles. The van der Waals surface area contributed by atoms with Crippen LogP contribution in [0, 0.1) is 0 Å². The van der Waals surface area contributed by atoms with Crippen LogP contribution in [0.3, 0.4) is 0 Å². The van der Waals surface area contributed by atoms with Gasteiger partial charge in [0.2, 0.25) is 0 Å². The number of nitrogens with zero attached hydrogens (tertiary/aromatic N) is 1. The molecule has 1 amide bonds. The number of rotatable bonds is 5. The quantitative estimate of drug-likeness (QED) is 0.908. The largest absolute Gasteiger partial charge is 0.483 e. The summed E-state index contributed by atoms with van der Waals surface area (Å²) < 4.78 is 5.75. The van der Waals surface area contributed by atoms with Crippen molar-refractivity contribution in [2.45, 2.75) is 25.3 Å². The first-order valence-electron chi connectivity index (χ1n) is 8.33. The zero-order valence-electron chi connectivity index (χ0n) is 14.1. The van der Waals surface area contributed by atoms with Crippen LogP contribution >= 0.6 is 0 Å². The van der Waals surface area contributed by atoms with Crippen LogP contribution in [0.25, 0.3) is 11.1 Å². The Kier molecular flexibility index (Phi) is 4.74. The van der Waals surface area contributed by atoms with Crippen molar-refractivity contribution in [3.8, 4) is 16.9 Å². The number of aliphatic carboxylic acids is 1. The fourth-order valence-corrected chi connectivity index (χ4v) is 3.25. The van der Waals surface area contributed by atoms with E-state index in [0.717, 1.165) is 11.1 Å². The highest BCUT2D eigenvalue weighted by atomic mass is 16.5. The van der Waals surface area contributed by atoms with Crippen molar-refractivity contribution in [1.82, 2.24) is 4.90 Å². The molecule has 2 aromatic rings. The summed E-state index contributed by atoms with van der Waals surface area (Å²) in [5.74, 6) is -0.661. The van der Waals surface area contributed by atoms with Crippen molar-refractivity contribution < 1.29 is 19.4 Å². The van der Waals surface area contributed by atoms with E-state index >= 15 is 0 Å². The lowest BCUT2D eigenvalue weighted by Gasteiger charge is -2.31. The fraction of sp³-hybridized carbons (Fsp3) is 0.300. The number of amides is 1. The van der Waals surface area contributed by atoms with Crippen molar-refractivity contribution >= 4 is 11.9 Å². The molecule has 0 spiro atoms. The maximum atomic E-state index is 12.5. The van der Waals surface area contributed by atoms with Crippen LogP contribution in [0.1, 0.15) is 19.8 Å². The first kappa shape index (κ1) is 17.0. The summed E-state index contributed by atoms with van der Waals surface area (Å²) in [5, 5.41) is 9.44. The van der Waals surface area contributed by atoms with Crippen LogP contribution in [0.4, 0.5) is 0 Å². The zero-order chi connectivity index (χ0) is 17.9. The number of carbonyl (C=O) groups excluding carboxylic acids is 1. The van der Waals surface area contributed by atoms with E-state index in [4.69, 9.17) is 4.74 Å². The number of para-hydroxylation sites is 1. The molecule has 5 heteroatoms. The number of carboxylic acid groups (broad SMARTS) is 1. The van der Waals surface area contributed by atoms with Crippen molar-refractivity contribution in [2.24, 2.45) is 0 Å². The highest BCUT2D eigenvalue weighted by Crippen LogP contribution is 2.31. The van der Waals surface area contributed by atoms with Crippen molar-refractivity contribution in [3.63, 3.8) is 0 Å². The second kappa shape index (κ2) is 6.97. The summed E-state index contributed by atoms with van der Waals surface area (Å²) in [6.45, 7) is 1.87. The zero-order valence-corrected chi connectivity index (χ0v) is 14.1. The minimum absolute atomic E-state index is 0.174. The highest BCUT2D eigenvalue weighted by Gasteiger charge is 2.45. The van der Waals surface area contributed by atoms with Gasteiger partial charge in [0.05, 0.1) is 0 Å². The Morgan fingerprint density at radius 2 is 1.80 bits per heavy atom. The maximum absolute atomic E-state index is 12.5. The van der Waals surface area contributed by atoms with Gasteiger partial charge in [0, 0.05) is 12.1 Å². The normalized spacial score (nSPS) is 19.6. The average Bonchev–Trinajstić information content (AvgIpc) is 3.04. The molecule has 0 saturated carbocycles. The van der Waals surface area contributed by atoms with E-state index in [0.29, 0.717) is 25.1 Å². The van der Waals surface area contributed by atoms with Crippen LogP contribution in [0.15, 0.2) is 54.6 Å². The van der Waals surface area contributed by atoms with Crippen LogP contribution in [-0.2, 0) is 9.59 Å². The van der Waals surface area contributed by atoms with Gasteiger partial charge in [0.25, 0.3) is 5.91 Å². The molecule has 130 valence electrons. The van der Waals surface area contributed by atoms with Gasteiger partial charge in [-0.25, -0.2) is 4.79 Å². The van der Waals surface area contributed by atoms with Crippen LogP contribution in [0.2, 0.25) is 0 Å². The fourth-order valence-electron chi connectivity index (χ4n) is 3.25. The summed E-state index contributed by atoms with van der Waals surface area (Å²) in [5.41, 5.74) is 0.764. The summed E-state index contributed by atoms with van der Waals surface area (Å²) in [4.78, 5) is 25.5. The molecule has 3 rings (SSSR count). The molecule has 1 aliphatic rings. The SMILES string of the molecule is CC1(C(=O)O)CCCN1C(=O)COc1ccccc1-c1ccccc1. The topological polar surface area (TPSA) is 66.8 Å². The number of hydrogen-bond acceptors (Lipinski definition) is 3. The van der Waals surface area contributed by atoms with Gasteiger partial charge in [0.15, 0.2) is 6.61 Å². The predicted octanol–water partition coefficient (Wildman–Crippen LogP) is 3.20. The van der Waals surface area contributed by atoms with Gasteiger partial charge in [-0.2, -0.15) is 0 Å². The Morgan fingerprint density at radius 3 is 2.52 bits per heavy atom. The molecule has 1 fully saturated rings. The highest BCUT2D eigenvalue weighted by molar-refractivity contribution is 5.88. The minimum Gasteiger partial charge on any atom is -0.483 e. The monoisotopic (exact) mass is 339 g/mol. The van der Waals surface area contributed by atoms with Gasteiger partial charge >= 0.3 is 5.97 Å². The second-order valence-electron chi connectivity index (χ2n) is 6.38. The first-order chi connectivity index (χ1) is 12.0. The van der Waals surface area contributed by atoms with Gasteiger partial charge in [-0.05, 0) is 31.4 Å². The van der Waals surface area contributed by atoms with Gasteiger partial charge in [0.1, 0.15) is 11.3 Å². The smallest absolute Gasteiger partial charge is 0.329 e. The molecule has 1 unspecified atom stereocenters. The van der Waals surface area contributed by atoms with Crippen LogP contribution in [-0.4, -0.2) is 40.6 Å². The Labute approximate surface area is 146 Å². The van der Waals surface area contributed by atoms with Gasteiger partial charge < -0.3 is 14.7 Å². The third kappa shape index (κ3) is 3.36. The van der Waals surface area contributed by atoms with E-state index in [1.54, 1.807) is 6.92 Å². The Balaban J connectivity index is 1.75. The van der Waals surface area contributed by atoms with E-state index in [1.807, 2.05) is 54.6 Å². The van der Waals surface area contributed by atoms with Gasteiger partial charge in [-0.3, -0.25) is 4.79 Å². The molecule has 1 saturated heterocycles.